The van der Waals surface area contributed by atoms with Crippen molar-refractivity contribution in [3.05, 3.63) is 23.2 Å². The Morgan fingerprint density at radius 1 is 1.21 bits per heavy atom. The highest BCUT2D eigenvalue weighted by molar-refractivity contribution is 6.32. The minimum Gasteiger partial charge on any atom is -0.495 e. The molecular weight excluding hydrogens is 384 g/mol. The molecule has 1 aliphatic rings. The zero-order chi connectivity index (χ0) is 20.5. The molecule has 0 bridgehead atoms. The van der Waals surface area contributed by atoms with Gasteiger partial charge in [-0.05, 0) is 43.4 Å². The smallest absolute Gasteiger partial charge is 0.306 e. The Morgan fingerprint density at radius 2 is 2.00 bits per heavy atom. The van der Waals surface area contributed by atoms with Crippen molar-refractivity contribution >= 4 is 35.1 Å². The first-order chi connectivity index (χ1) is 13.4. The molecule has 1 fully saturated rings. The van der Waals surface area contributed by atoms with E-state index in [1.54, 1.807) is 23.1 Å². The summed E-state index contributed by atoms with van der Waals surface area (Å²) in [5.74, 6) is 0.333. The van der Waals surface area contributed by atoms with E-state index in [2.05, 4.69) is 10.1 Å². The summed E-state index contributed by atoms with van der Waals surface area (Å²) in [6.45, 7) is 1.33. The number of hydrogen-bond acceptors (Lipinski definition) is 5. The summed E-state index contributed by atoms with van der Waals surface area (Å²) in [7, 11) is 2.85. The number of esters is 1. The lowest BCUT2D eigenvalue weighted by Gasteiger charge is -2.32. The zero-order valence-corrected chi connectivity index (χ0v) is 17.1. The van der Waals surface area contributed by atoms with Crippen molar-refractivity contribution in [2.75, 3.05) is 32.6 Å². The van der Waals surface area contributed by atoms with Crippen molar-refractivity contribution in [3.8, 4) is 5.75 Å². The SMILES string of the molecule is COC(=O)CCC(=O)N1CCC[C@@H](CCC(=O)Nc2ccc(OC)c(Cl)c2)C1. The van der Waals surface area contributed by atoms with E-state index in [0.29, 0.717) is 42.4 Å². The van der Waals surface area contributed by atoms with Crippen LogP contribution in [0.15, 0.2) is 18.2 Å². The molecule has 1 aromatic rings. The molecular formula is C20H27ClN2O5. The summed E-state index contributed by atoms with van der Waals surface area (Å²) in [4.78, 5) is 37.5. The van der Waals surface area contributed by atoms with Crippen LogP contribution in [0.5, 0.6) is 5.75 Å². The highest BCUT2D eigenvalue weighted by Crippen LogP contribution is 2.27. The largest absolute Gasteiger partial charge is 0.495 e. The number of nitrogens with one attached hydrogen (secondary N) is 1. The van der Waals surface area contributed by atoms with Gasteiger partial charge in [0.15, 0.2) is 0 Å². The minimum atomic E-state index is -0.378. The predicted molar refractivity (Wildman–Crippen MR) is 106 cm³/mol. The number of amides is 2. The third-order valence-corrected chi connectivity index (χ3v) is 5.15. The summed E-state index contributed by atoms with van der Waals surface area (Å²) in [6.07, 6.45) is 3.24. The predicted octanol–water partition coefficient (Wildman–Crippen LogP) is 3.26. The number of carbonyl (C=O) groups is 3. The highest BCUT2D eigenvalue weighted by Gasteiger charge is 2.24. The molecule has 2 rings (SSSR count). The second kappa shape index (κ2) is 10.9. The van der Waals surface area contributed by atoms with Crippen molar-refractivity contribution in [2.24, 2.45) is 5.92 Å². The number of methoxy groups -OCH3 is 2. The summed E-state index contributed by atoms with van der Waals surface area (Å²) in [5, 5.41) is 3.27. The van der Waals surface area contributed by atoms with Crippen molar-refractivity contribution in [3.63, 3.8) is 0 Å². The molecule has 0 radical (unpaired) electrons. The average Bonchev–Trinajstić information content (AvgIpc) is 2.70. The fourth-order valence-electron chi connectivity index (χ4n) is 3.30. The Balaban J connectivity index is 1.77. The number of halogens is 1. The van der Waals surface area contributed by atoms with Crippen LogP contribution in [-0.2, 0) is 19.1 Å². The quantitative estimate of drug-likeness (QED) is 0.665. The Hall–Kier alpha value is -2.28. The second-order valence-corrected chi connectivity index (χ2v) is 7.27. The Labute approximate surface area is 170 Å². The first-order valence-electron chi connectivity index (χ1n) is 9.41. The highest BCUT2D eigenvalue weighted by atomic mass is 35.5. The molecule has 1 atom stereocenters. The molecule has 8 heteroatoms. The molecule has 7 nitrogen and oxygen atoms in total. The van der Waals surface area contributed by atoms with E-state index in [-0.39, 0.29) is 36.5 Å². The van der Waals surface area contributed by atoms with E-state index in [1.807, 2.05) is 0 Å². The first kappa shape index (κ1) is 22.0. The molecule has 0 aliphatic carbocycles. The lowest BCUT2D eigenvalue weighted by molar-refractivity contribution is -0.144. The van der Waals surface area contributed by atoms with Gasteiger partial charge in [0.1, 0.15) is 5.75 Å². The first-order valence-corrected chi connectivity index (χ1v) is 9.78. The molecule has 0 aromatic heterocycles. The van der Waals surface area contributed by atoms with Crippen molar-refractivity contribution in [1.29, 1.82) is 0 Å². The number of likely N-dealkylation sites (tertiary alicyclic amines) is 1. The molecule has 1 N–H and O–H groups in total. The van der Waals surface area contributed by atoms with Crippen LogP contribution in [0.25, 0.3) is 0 Å². The van der Waals surface area contributed by atoms with E-state index in [1.165, 1.54) is 14.2 Å². The molecule has 2 amide bonds. The summed E-state index contributed by atoms with van der Waals surface area (Å²) in [5.41, 5.74) is 0.624. The van der Waals surface area contributed by atoms with Gasteiger partial charge in [-0.3, -0.25) is 14.4 Å². The van der Waals surface area contributed by atoms with Crippen LogP contribution < -0.4 is 10.1 Å². The number of hydrogen-bond donors (Lipinski definition) is 1. The Morgan fingerprint density at radius 3 is 2.68 bits per heavy atom. The van der Waals surface area contributed by atoms with E-state index < -0.39 is 0 Å². The minimum absolute atomic E-state index is 0.0348. The lowest BCUT2D eigenvalue weighted by atomic mass is 9.93. The van der Waals surface area contributed by atoms with E-state index >= 15 is 0 Å². The normalized spacial score (nSPS) is 16.4. The molecule has 28 heavy (non-hydrogen) atoms. The monoisotopic (exact) mass is 410 g/mol. The van der Waals surface area contributed by atoms with Gasteiger partial charge in [-0.15, -0.1) is 0 Å². The van der Waals surface area contributed by atoms with Gasteiger partial charge in [-0.2, -0.15) is 0 Å². The van der Waals surface area contributed by atoms with Crippen molar-refractivity contribution < 1.29 is 23.9 Å². The van der Waals surface area contributed by atoms with Gasteiger partial charge in [-0.1, -0.05) is 11.6 Å². The molecule has 1 aliphatic heterocycles. The summed E-state index contributed by atoms with van der Waals surface area (Å²) in [6, 6.07) is 5.10. The molecule has 0 spiro atoms. The number of carbonyl (C=O) groups excluding carboxylic acids is 3. The molecule has 1 aromatic carbocycles. The van der Waals surface area contributed by atoms with Gasteiger partial charge < -0.3 is 19.7 Å². The Bertz CT molecular complexity index is 710. The molecule has 154 valence electrons. The van der Waals surface area contributed by atoms with Crippen LogP contribution in [0.4, 0.5) is 5.69 Å². The molecule has 0 saturated carbocycles. The van der Waals surface area contributed by atoms with Crippen LogP contribution in [0.2, 0.25) is 5.02 Å². The second-order valence-electron chi connectivity index (χ2n) is 6.86. The van der Waals surface area contributed by atoms with Gasteiger partial charge in [0.25, 0.3) is 0 Å². The van der Waals surface area contributed by atoms with Crippen LogP contribution in [0, 0.1) is 5.92 Å². The van der Waals surface area contributed by atoms with Crippen LogP contribution in [0.3, 0.4) is 0 Å². The van der Waals surface area contributed by atoms with Crippen LogP contribution in [0.1, 0.15) is 38.5 Å². The molecule has 1 saturated heterocycles. The van der Waals surface area contributed by atoms with Gasteiger partial charge >= 0.3 is 5.97 Å². The number of rotatable bonds is 8. The number of ether oxygens (including phenoxy) is 2. The maximum absolute atomic E-state index is 12.2. The lowest BCUT2D eigenvalue weighted by Crippen LogP contribution is -2.40. The maximum atomic E-state index is 12.2. The van der Waals surface area contributed by atoms with E-state index in [4.69, 9.17) is 16.3 Å². The third kappa shape index (κ3) is 6.71. The Kier molecular flexibility index (Phi) is 8.57. The van der Waals surface area contributed by atoms with Crippen LogP contribution >= 0.6 is 11.6 Å². The number of anilines is 1. The van der Waals surface area contributed by atoms with E-state index in [9.17, 15) is 14.4 Å². The van der Waals surface area contributed by atoms with Gasteiger partial charge in [0, 0.05) is 31.6 Å². The van der Waals surface area contributed by atoms with Gasteiger partial charge in [0.05, 0.1) is 25.7 Å². The standard InChI is InChI=1S/C20H27ClN2O5/c1-27-17-7-6-15(12-16(17)21)22-18(24)8-5-14-4-3-11-23(13-14)19(25)9-10-20(26)28-2/h6-7,12,14H,3-5,8-11,13H2,1-2H3,(H,22,24)/t14-/m0/s1. The summed E-state index contributed by atoms with van der Waals surface area (Å²) >= 11 is 6.07. The fraction of sp³-hybridized carbons (Fsp3) is 0.550. The average molecular weight is 411 g/mol. The topological polar surface area (TPSA) is 84.9 Å². The summed E-state index contributed by atoms with van der Waals surface area (Å²) < 4.78 is 9.67. The van der Waals surface area contributed by atoms with Crippen molar-refractivity contribution in [1.82, 2.24) is 4.90 Å². The zero-order valence-electron chi connectivity index (χ0n) is 16.3. The molecule has 1 heterocycles. The van der Waals surface area contributed by atoms with Crippen molar-refractivity contribution in [2.45, 2.75) is 38.5 Å². The van der Waals surface area contributed by atoms with Gasteiger partial charge in [0.2, 0.25) is 11.8 Å². The number of nitrogens with zero attached hydrogens (tertiary/aromatic N) is 1. The maximum Gasteiger partial charge on any atom is 0.306 e. The molecule has 0 unspecified atom stereocenters. The van der Waals surface area contributed by atoms with Crippen LogP contribution in [-0.4, -0.2) is 50.0 Å². The number of piperidine rings is 1. The number of benzene rings is 1. The van der Waals surface area contributed by atoms with Gasteiger partial charge in [-0.25, -0.2) is 0 Å². The third-order valence-electron chi connectivity index (χ3n) is 4.86. The fourth-order valence-corrected chi connectivity index (χ4v) is 3.56. The van der Waals surface area contributed by atoms with E-state index in [0.717, 1.165) is 12.8 Å².